The summed E-state index contributed by atoms with van der Waals surface area (Å²) in [6.45, 7) is 28.3. The van der Waals surface area contributed by atoms with Crippen LogP contribution >= 0.6 is 8.16 Å². The molecule has 6 N–H and O–H groups in total. The summed E-state index contributed by atoms with van der Waals surface area (Å²) in [5, 5.41) is 58.4. The standard InChI is InChI=1S/C12H16O3S.C12H16O2S.2C12H16OS.C10H16O4S.C10H8O3S.C10H12OS.C10H14OS.2C5H12.CHF3O3S.BF3.F5P.8FH.Sb/c1-14-10-7-9(16-5-3-4-6-16)8-11(15-2)12(10)13;1-9-7-11(8-10(2)12(9)13)15-5-3-14-4-6-15;1-9-7-11(8-10(2)12(9)13)14-5-3-4-6-14;1-10-9-11(13)5-6-12(10)14-7-3-2-4-8-14;1-9(2)7-3-4-10(9,8(11)5-7)6-15(12,13)14;11-14(12,13)10-7-3-5-8-4-1-2-6-9(8)10;11-9-3-5-10(6-4-9)12-7-1-2-8-12;1-7-5-9(12(3)4)6-8(2)10(7)11;2*1-3-5-4-2;2-1(3,4)8(5,6)7;2-1(3)4;1-6(2,3,4)5;;;;;;;;;/h7-8H,3-6H2,1-2H3;7-8H,3-6H2,1-2H3;7-8H,3-6H2,1-2H3;5-6,9H,2-4,7-8H2,1H3;7H,3-6H2,1-2H3,(H,12,13,14);1-7H,(H,11,12,13);3-6H,1-2,7-8H2;5-6H,1-4H3;2*3-5H2,1-2H3;(H,5,6,7);;;8*1H;/q;;;;;;;;;;;;;;;;;;;;;+5/p-5. The normalized spacial score (nSPS) is 17.3. The number of aryl methyl sites for hydroxylation is 7. The van der Waals surface area contributed by atoms with E-state index in [4.69, 9.17) is 32.3 Å². The number of halogens is 19. The van der Waals surface area contributed by atoms with Gasteiger partial charge in [-0.05, 0) is 260 Å². The van der Waals surface area contributed by atoms with Crippen molar-refractivity contribution >= 4 is 148 Å². The zero-order valence-electron chi connectivity index (χ0n) is 86.5. The van der Waals surface area contributed by atoms with Crippen molar-refractivity contribution in [2.75, 3.05) is 103 Å². The Hall–Kier alpha value is -6.14. The summed E-state index contributed by atoms with van der Waals surface area (Å²) in [5.41, 5.74) is 0.381. The van der Waals surface area contributed by atoms with Gasteiger partial charge in [0, 0.05) is 94.9 Å². The van der Waals surface area contributed by atoms with Crippen LogP contribution in [0.4, 0.5) is 61.2 Å². The predicted molar refractivity (Wildman–Crippen MR) is 566 cm³/mol. The van der Waals surface area contributed by atoms with E-state index >= 15 is 0 Å². The molecule has 2 atom stereocenters. The Kier molecular flexibility index (Phi) is 65.2. The van der Waals surface area contributed by atoms with E-state index in [2.05, 4.69) is 102 Å². The molecule has 0 radical (unpaired) electrons. The minimum atomic E-state index is -9.19. The zero-order valence-corrected chi connectivity index (χ0v) is 97.3. The Labute approximate surface area is 888 Å². The molecule has 8 aromatic rings. The molecule has 7 aliphatic rings. The molecule has 2 unspecified atom stereocenters. The molecule has 2 aliphatic carbocycles. The van der Waals surface area contributed by atoms with Crippen LogP contribution < -0.4 is 23.6 Å². The van der Waals surface area contributed by atoms with E-state index in [1.807, 2.05) is 79.7 Å². The number of ether oxygens (including phenoxy) is 3. The van der Waals surface area contributed by atoms with Crippen molar-refractivity contribution in [1.29, 1.82) is 0 Å². The van der Waals surface area contributed by atoms with Crippen LogP contribution in [0.3, 0.4) is 0 Å². The average molecular weight is 2450 g/mol. The number of rotatable bonds is 15. The van der Waals surface area contributed by atoms with Crippen LogP contribution in [0, 0.1) is 65.2 Å². The molecule has 50 heteroatoms. The average Bonchev–Trinajstić information content (AvgIpc) is 1.55. The summed E-state index contributed by atoms with van der Waals surface area (Å²) in [7, 11) is -21.5. The van der Waals surface area contributed by atoms with Crippen molar-refractivity contribution in [2.45, 2.75) is 245 Å². The molecule has 5 saturated heterocycles. The van der Waals surface area contributed by atoms with Gasteiger partial charge < -0.3 is 72.6 Å². The predicted octanol–water partition coefficient (Wildman–Crippen LogP) is 17.9. The van der Waals surface area contributed by atoms with Crippen LogP contribution in [0.2, 0.25) is 0 Å². The number of hydrogen-bond donors (Lipinski definition) is 6. The van der Waals surface area contributed by atoms with E-state index in [-0.39, 0.29) is 52.8 Å². The second kappa shape index (κ2) is 67.1. The van der Waals surface area contributed by atoms with Crippen molar-refractivity contribution in [3.8, 4) is 46.0 Å². The van der Waals surface area contributed by atoms with E-state index in [1.54, 1.807) is 62.8 Å². The molecule has 149 heavy (non-hydrogen) atoms. The first kappa shape index (κ1) is 145. The molecule has 8 aromatic carbocycles. The first-order valence-corrected chi connectivity index (χ1v) is 67.6. The van der Waals surface area contributed by atoms with Gasteiger partial charge in [0.05, 0.1) is 48.2 Å². The summed E-state index contributed by atoms with van der Waals surface area (Å²) in [4.78, 5) is 20.0. The quantitative estimate of drug-likeness (QED) is 0.0139. The number of phenolic OH excluding ortho intramolecular Hbond substituents is 6. The number of ketones is 1. The molecular weight excluding hydrogens is 2310 g/mol. The van der Waals surface area contributed by atoms with Crippen molar-refractivity contribution in [2.24, 2.45) is 16.7 Å². The Morgan fingerprint density at radius 3 is 1.12 bits per heavy atom. The van der Waals surface area contributed by atoms with Crippen LogP contribution in [0.5, 0.6) is 46.0 Å². The van der Waals surface area contributed by atoms with Gasteiger partial charge >= 0.3 is 76.6 Å². The maximum absolute atomic E-state index is 11.8. The van der Waals surface area contributed by atoms with E-state index in [0.717, 1.165) is 69.9 Å². The summed E-state index contributed by atoms with van der Waals surface area (Å²) in [5.74, 6) is 15.8. The Bertz CT molecular complexity index is 5520. The molecule has 7 fully saturated rings. The van der Waals surface area contributed by atoms with Crippen molar-refractivity contribution in [3.63, 3.8) is 0 Å². The van der Waals surface area contributed by atoms with Crippen LogP contribution in [0.15, 0.2) is 168 Å². The molecule has 5 aliphatic heterocycles. The van der Waals surface area contributed by atoms with Crippen molar-refractivity contribution in [3.05, 3.63) is 172 Å². The maximum atomic E-state index is 11.8. The summed E-state index contributed by atoms with van der Waals surface area (Å²) < 4.78 is 268. The fraction of sp³-hybridized carbons (Fsp3) is 0.525. The molecule has 0 amide bonds. The van der Waals surface area contributed by atoms with Gasteiger partial charge in [0.2, 0.25) is 5.75 Å². The minimum absolute atomic E-state index is 0. The number of aromatic hydroxyl groups is 6. The van der Waals surface area contributed by atoms with Gasteiger partial charge in [0.15, 0.2) is 51.0 Å². The van der Waals surface area contributed by atoms with Gasteiger partial charge in [-0.2, -0.15) is 13.2 Å². The molecule has 0 aromatic heterocycles. The molecule has 19 nitrogen and oxygen atoms in total. The monoisotopic (exact) mass is 2450 g/mol. The number of benzene rings is 8. The molecular formula is C99H142BF19O19PS9Sb. The Balaban J connectivity index is 0. The number of fused-ring (bicyclic) bond motifs is 3. The number of carbonyl (C=O) groups excluding carboxylic acids is 1. The van der Waals surface area contributed by atoms with E-state index in [0.29, 0.717) is 113 Å². The number of carbonyl (C=O) groups is 1. The molecule has 15 rings (SSSR count). The summed E-state index contributed by atoms with van der Waals surface area (Å²) in [6, 6.07) is 41.6. The first-order chi connectivity index (χ1) is 67.3. The van der Waals surface area contributed by atoms with E-state index < -0.39 is 83.0 Å². The number of methoxy groups -OCH3 is 2. The third-order valence-electron chi connectivity index (χ3n) is 23.6. The van der Waals surface area contributed by atoms with Crippen LogP contribution in [0.25, 0.3) is 10.8 Å². The van der Waals surface area contributed by atoms with E-state index in [9.17, 15) is 117 Å². The third kappa shape index (κ3) is 55.9. The number of alkyl halides is 3. The second-order valence-electron chi connectivity index (χ2n) is 35.4. The molecule has 2 bridgehead atoms. The van der Waals surface area contributed by atoms with Crippen molar-refractivity contribution in [1.82, 2.24) is 0 Å². The molecule has 5 heterocycles. The van der Waals surface area contributed by atoms with Gasteiger partial charge in [-0.1, -0.05) is 116 Å². The molecule has 0 spiro atoms. The zero-order chi connectivity index (χ0) is 112. The van der Waals surface area contributed by atoms with Crippen molar-refractivity contribution < 1.29 is 164 Å². The van der Waals surface area contributed by atoms with Gasteiger partial charge in [0.25, 0.3) is 0 Å². The molecule has 2 saturated carbocycles. The number of Topliss-reactive ketones (excluding diaryl/α,β-unsaturated/α-hetero) is 1. The third-order valence-corrected chi connectivity index (χ3v) is 39.3. The Morgan fingerprint density at radius 2 is 0.805 bits per heavy atom. The first-order valence-electron chi connectivity index (χ1n) is 46.9. The number of phenols is 6. The SMILES string of the molecule is CC1(C)C2CCC1(CS(=O)(=O)[O-])C(=O)C2.CCCCC.CCCCC.COc1cc([S+]2CCCC2)cc(OC)c1O.Cc1cc(O)ccc1[S+]1CCCCC1.Cc1cc([S+](C)C)cc(C)c1O.Cc1cc([S+]2CCCC2)cc(C)c1O.Cc1cc([S+]2CCOCC2)cc(C)c1O.FB(F)F.FP(F)(F)(F)F.O=S(=O)([O-])C(F)(F)F.O=S(=O)([O-])c1cccc2ccccc12.Oc1ccc([S+]2CCCC2)cc1.[F-].[F-].[F-].[F][Sb]([F])([F])([F])[F]. The number of hydrogen-bond acceptors (Lipinski definition) is 19. The van der Waals surface area contributed by atoms with Gasteiger partial charge in [-0.3, -0.25) is 17.7 Å². The van der Waals surface area contributed by atoms with Gasteiger partial charge in [-0.25, -0.2) is 25.3 Å². The van der Waals surface area contributed by atoms with Gasteiger partial charge in [-0.15, -0.1) is 0 Å². The van der Waals surface area contributed by atoms with Crippen LogP contribution in [-0.2, 0) is 105 Å². The van der Waals surface area contributed by atoms with Crippen LogP contribution in [-0.4, -0.2) is 212 Å². The van der Waals surface area contributed by atoms with Gasteiger partial charge in [0.1, 0.15) is 115 Å². The van der Waals surface area contributed by atoms with E-state index in [1.165, 1.54) is 183 Å². The fourth-order valence-corrected chi connectivity index (χ4v) is 30.4. The topological polar surface area (TPSA) is 338 Å². The summed E-state index contributed by atoms with van der Waals surface area (Å²) in [6.07, 6.45) is 26.7. The van der Waals surface area contributed by atoms with Crippen LogP contribution in [0.1, 0.15) is 196 Å². The Morgan fingerprint density at radius 1 is 0.477 bits per heavy atom. The second-order valence-corrected chi connectivity index (χ2v) is 57.9. The summed E-state index contributed by atoms with van der Waals surface area (Å²) >= 11 is -9.19. The number of unbranched alkanes of at least 4 members (excludes halogenated alkanes) is 4. The molecule has 852 valence electrons. The fourth-order valence-electron chi connectivity index (χ4n) is 16.0.